The van der Waals surface area contributed by atoms with Gasteiger partial charge in [-0.05, 0) is 42.3 Å². The Balaban J connectivity index is 1.62. The van der Waals surface area contributed by atoms with Crippen LogP contribution < -0.4 is 15.8 Å². The highest BCUT2D eigenvalue weighted by atomic mass is 16.5. The van der Waals surface area contributed by atoms with E-state index in [1.165, 1.54) is 5.56 Å². The van der Waals surface area contributed by atoms with Gasteiger partial charge in [0, 0.05) is 17.6 Å². The summed E-state index contributed by atoms with van der Waals surface area (Å²) in [5.41, 5.74) is 8.67. The van der Waals surface area contributed by atoms with Crippen LogP contribution in [-0.4, -0.2) is 23.1 Å². The highest BCUT2D eigenvalue weighted by Crippen LogP contribution is 2.21. The maximum absolute atomic E-state index is 5.86. The first-order valence-corrected chi connectivity index (χ1v) is 7.83. The maximum Gasteiger partial charge on any atom is 0.137 e. The molecule has 0 amide bonds. The lowest BCUT2D eigenvalue weighted by Crippen LogP contribution is -2.07. The van der Waals surface area contributed by atoms with Gasteiger partial charge in [-0.25, -0.2) is 9.97 Å². The average molecular weight is 320 g/mol. The number of anilines is 2. The molecule has 2 aromatic carbocycles. The van der Waals surface area contributed by atoms with Crippen LogP contribution in [0.25, 0.3) is 10.9 Å². The molecule has 0 aliphatic heterocycles. The Labute approximate surface area is 141 Å². The van der Waals surface area contributed by atoms with Crippen LogP contribution in [0.3, 0.4) is 0 Å². The number of benzene rings is 2. The SMILES string of the molecule is C=CCOc1ccc(CCNc2ncnc3ccc(N)cc23)cc1. The number of fused-ring (bicyclic) bond motifs is 1. The normalized spacial score (nSPS) is 10.5. The molecule has 3 rings (SSSR count). The molecule has 0 bridgehead atoms. The summed E-state index contributed by atoms with van der Waals surface area (Å²) < 4.78 is 5.48. The molecule has 3 aromatic rings. The van der Waals surface area contributed by atoms with Crippen LogP contribution in [0.1, 0.15) is 5.56 Å². The van der Waals surface area contributed by atoms with Gasteiger partial charge in [0.05, 0.1) is 5.52 Å². The van der Waals surface area contributed by atoms with Crippen LogP contribution in [0.15, 0.2) is 61.4 Å². The number of nitrogen functional groups attached to an aromatic ring is 1. The van der Waals surface area contributed by atoms with Gasteiger partial charge in [0.25, 0.3) is 0 Å². The first-order chi connectivity index (χ1) is 11.8. The summed E-state index contributed by atoms with van der Waals surface area (Å²) in [6.07, 6.45) is 4.18. The van der Waals surface area contributed by atoms with E-state index >= 15 is 0 Å². The van der Waals surface area contributed by atoms with Crippen LogP contribution in [0.2, 0.25) is 0 Å². The second kappa shape index (κ2) is 7.46. The van der Waals surface area contributed by atoms with Gasteiger partial charge in [-0.3, -0.25) is 0 Å². The molecule has 0 aliphatic carbocycles. The molecule has 0 radical (unpaired) electrons. The zero-order valence-corrected chi connectivity index (χ0v) is 13.4. The van der Waals surface area contributed by atoms with Crippen LogP contribution >= 0.6 is 0 Å². The third-order valence-corrected chi connectivity index (χ3v) is 3.66. The van der Waals surface area contributed by atoms with Crippen molar-refractivity contribution in [2.24, 2.45) is 0 Å². The Morgan fingerprint density at radius 1 is 1.12 bits per heavy atom. The number of hydrogen-bond donors (Lipinski definition) is 2. The molecule has 0 unspecified atom stereocenters. The molecule has 5 nitrogen and oxygen atoms in total. The first kappa shape index (κ1) is 15.8. The second-order valence-electron chi connectivity index (χ2n) is 5.42. The van der Waals surface area contributed by atoms with Crippen LogP contribution in [-0.2, 0) is 6.42 Å². The second-order valence-corrected chi connectivity index (χ2v) is 5.42. The van der Waals surface area contributed by atoms with Gasteiger partial charge in [-0.2, -0.15) is 0 Å². The molecule has 0 saturated heterocycles. The molecule has 1 heterocycles. The lowest BCUT2D eigenvalue weighted by molar-refractivity contribution is 0.363. The van der Waals surface area contributed by atoms with Crippen molar-refractivity contribution in [2.75, 3.05) is 24.2 Å². The molecule has 0 atom stereocenters. The Bertz CT molecular complexity index is 830. The third-order valence-electron chi connectivity index (χ3n) is 3.66. The molecule has 0 fully saturated rings. The van der Waals surface area contributed by atoms with Crippen molar-refractivity contribution in [3.63, 3.8) is 0 Å². The number of nitrogens with two attached hydrogens (primary N) is 1. The van der Waals surface area contributed by atoms with E-state index in [0.717, 1.165) is 35.4 Å². The van der Waals surface area contributed by atoms with E-state index in [1.54, 1.807) is 12.4 Å². The average Bonchev–Trinajstić information content (AvgIpc) is 2.61. The fourth-order valence-electron chi connectivity index (χ4n) is 2.45. The number of ether oxygens (including phenoxy) is 1. The van der Waals surface area contributed by atoms with Gasteiger partial charge in [0.1, 0.15) is 24.5 Å². The van der Waals surface area contributed by atoms with Crippen LogP contribution in [0, 0.1) is 0 Å². The fraction of sp³-hybridized carbons (Fsp3) is 0.158. The van der Waals surface area contributed by atoms with Crippen molar-refractivity contribution in [2.45, 2.75) is 6.42 Å². The number of nitrogens with one attached hydrogen (secondary N) is 1. The van der Waals surface area contributed by atoms with E-state index in [4.69, 9.17) is 10.5 Å². The quantitative estimate of drug-likeness (QED) is 0.515. The summed E-state index contributed by atoms with van der Waals surface area (Å²) in [4.78, 5) is 8.58. The Kier molecular flexibility index (Phi) is 4.91. The van der Waals surface area contributed by atoms with Crippen molar-refractivity contribution in [1.82, 2.24) is 9.97 Å². The highest BCUT2D eigenvalue weighted by molar-refractivity contribution is 5.91. The minimum absolute atomic E-state index is 0.519. The van der Waals surface area contributed by atoms with Crippen molar-refractivity contribution in [3.8, 4) is 5.75 Å². The minimum atomic E-state index is 0.519. The molecule has 5 heteroatoms. The summed E-state index contributed by atoms with van der Waals surface area (Å²) in [6.45, 7) is 4.93. The monoisotopic (exact) mass is 320 g/mol. The predicted molar refractivity (Wildman–Crippen MR) is 98.3 cm³/mol. The molecule has 3 N–H and O–H groups in total. The predicted octanol–water partition coefficient (Wildman–Crippen LogP) is 3.43. The van der Waals surface area contributed by atoms with Crippen molar-refractivity contribution < 1.29 is 4.74 Å². The van der Waals surface area contributed by atoms with E-state index in [2.05, 4.69) is 34.0 Å². The highest BCUT2D eigenvalue weighted by Gasteiger charge is 2.04. The molecule has 24 heavy (non-hydrogen) atoms. The Morgan fingerprint density at radius 2 is 1.96 bits per heavy atom. The fourth-order valence-corrected chi connectivity index (χ4v) is 2.45. The molecular formula is C19H20N4O. The smallest absolute Gasteiger partial charge is 0.137 e. The van der Waals surface area contributed by atoms with Gasteiger partial charge in [-0.1, -0.05) is 24.8 Å². The standard InChI is InChI=1S/C19H20N4O/c1-2-11-24-16-6-3-14(4-7-16)9-10-21-19-17-12-15(20)5-8-18(17)22-13-23-19/h2-8,12-13H,1,9-11,20H2,(H,21,22,23). The largest absolute Gasteiger partial charge is 0.490 e. The lowest BCUT2D eigenvalue weighted by Gasteiger charge is -2.09. The molecule has 0 saturated carbocycles. The van der Waals surface area contributed by atoms with Gasteiger partial charge in [-0.15, -0.1) is 0 Å². The van der Waals surface area contributed by atoms with Gasteiger partial charge in [0.2, 0.25) is 0 Å². The zero-order chi connectivity index (χ0) is 16.8. The van der Waals surface area contributed by atoms with Crippen molar-refractivity contribution in [1.29, 1.82) is 0 Å². The first-order valence-electron chi connectivity index (χ1n) is 7.83. The summed E-state index contributed by atoms with van der Waals surface area (Å²) in [7, 11) is 0. The van der Waals surface area contributed by atoms with Gasteiger partial charge in [0.15, 0.2) is 0 Å². The maximum atomic E-state index is 5.86. The molecule has 1 aromatic heterocycles. The lowest BCUT2D eigenvalue weighted by atomic mass is 10.1. The third kappa shape index (κ3) is 3.81. The van der Waals surface area contributed by atoms with E-state index in [1.807, 2.05) is 30.3 Å². The Morgan fingerprint density at radius 3 is 2.75 bits per heavy atom. The number of hydrogen-bond acceptors (Lipinski definition) is 5. The Hall–Kier alpha value is -3.08. The number of aromatic nitrogens is 2. The number of nitrogens with zero attached hydrogens (tertiary/aromatic N) is 2. The summed E-state index contributed by atoms with van der Waals surface area (Å²) in [5.74, 6) is 1.65. The van der Waals surface area contributed by atoms with Crippen molar-refractivity contribution >= 4 is 22.4 Å². The molecule has 0 spiro atoms. The molecule has 122 valence electrons. The van der Waals surface area contributed by atoms with E-state index in [-0.39, 0.29) is 0 Å². The van der Waals surface area contributed by atoms with Crippen LogP contribution in [0.4, 0.5) is 11.5 Å². The zero-order valence-electron chi connectivity index (χ0n) is 13.4. The van der Waals surface area contributed by atoms with E-state index in [0.29, 0.717) is 12.3 Å². The van der Waals surface area contributed by atoms with E-state index < -0.39 is 0 Å². The summed E-state index contributed by atoms with van der Waals surface area (Å²) in [5, 5.41) is 4.30. The number of rotatable bonds is 7. The summed E-state index contributed by atoms with van der Waals surface area (Å²) >= 11 is 0. The molecular weight excluding hydrogens is 300 g/mol. The van der Waals surface area contributed by atoms with Gasteiger partial charge >= 0.3 is 0 Å². The minimum Gasteiger partial charge on any atom is -0.490 e. The van der Waals surface area contributed by atoms with Gasteiger partial charge < -0.3 is 15.8 Å². The van der Waals surface area contributed by atoms with Crippen molar-refractivity contribution in [3.05, 3.63) is 67.0 Å². The van der Waals surface area contributed by atoms with E-state index in [9.17, 15) is 0 Å². The van der Waals surface area contributed by atoms with Crippen LogP contribution in [0.5, 0.6) is 5.75 Å². The summed E-state index contributed by atoms with van der Waals surface area (Å²) in [6, 6.07) is 13.7. The molecule has 0 aliphatic rings. The topological polar surface area (TPSA) is 73.1 Å².